The number of amides is 2. The number of carbonyl (C=O) groups is 2. The maximum Gasteiger partial charge on any atom is 0.268 e. The van der Waals surface area contributed by atoms with E-state index in [-0.39, 0.29) is 11.8 Å². The molecule has 0 saturated heterocycles. The van der Waals surface area contributed by atoms with E-state index < -0.39 is 0 Å². The van der Waals surface area contributed by atoms with Crippen LogP contribution >= 0.6 is 0 Å². The van der Waals surface area contributed by atoms with Crippen LogP contribution in [0.1, 0.15) is 13.8 Å². The second-order valence-electron chi connectivity index (χ2n) is 2.88. The summed E-state index contributed by atoms with van der Waals surface area (Å²) in [6.45, 7) is 3.14. The minimum atomic E-state index is -0.225. The van der Waals surface area contributed by atoms with Crippen LogP contribution in [0.2, 0.25) is 0 Å². The molecule has 0 bridgehead atoms. The molecule has 0 saturated carbocycles. The summed E-state index contributed by atoms with van der Waals surface area (Å²) in [4.78, 5) is 29.9. The molecule has 0 aromatic carbocycles. The van der Waals surface area contributed by atoms with Gasteiger partial charge in [0, 0.05) is 14.1 Å². The number of hydrogen-bond acceptors (Lipinski definition) is 6. The number of carbonyl (C=O) groups excluding carboxylic acids is 2. The molecule has 104 valence electrons. The Morgan fingerprint density at radius 1 is 0.833 bits per heavy atom. The molecule has 0 heterocycles. The standard InChI is InChI=1S/2C5H10N2O2/c2*1-4(7-9-3)5(8)6-2/h2*1-3H3,(H,6,8)/b7-4+;7-4-. The van der Waals surface area contributed by atoms with Gasteiger partial charge in [0.15, 0.2) is 0 Å². The first-order valence-corrected chi connectivity index (χ1v) is 5.04. The van der Waals surface area contributed by atoms with Crippen molar-refractivity contribution in [2.75, 3.05) is 28.3 Å². The van der Waals surface area contributed by atoms with Gasteiger partial charge in [-0.1, -0.05) is 10.3 Å². The molecule has 2 amide bonds. The quantitative estimate of drug-likeness (QED) is 0.526. The number of nitrogens with zero attached hydrogens (tertiary/aromatic N) is 2. The highest BCUT2D eigenvalue weighted by Gasteiger charge is 2.01. The maximum atomic E-state index is 10.6. The highest BCUT2D eigenvalue weighted by molar-refractivity contribution is 6.38. The van der Waals surface area contributed by atoms with Crippen molar-refractivity contribution in [3.8, 4) is 0 Å². The van der Waals surface area contributed by atoms with Crippen molar-refractivity contribution in [2.24, 2.45) is 10.3 Å². The second-order valence-corrected chi connectivity index (χ2v) is 2.88. The Kier molecular flexibility index (Phi) is 11.5. The Labute approximate surface area is 106 Å². The van der Waals surface area contributed by atoms with Gasteiger partial charge in [0.2, 0.25) is 0 Å². The summed E-state index contributed by atoms with van der Waals surface area (Å²) in [5, 5.41) is 11.6. The Morgan fingerprint density at radius 2 is 1.11 bits per heavy atom. The van der Waals surface area contributed by atoms with Crippen LogP contribution in [0.5, 0.6) is 0 Å². The van der Waals surface area contributed by atoms with E-state index in [0.29, 0.717) is 11.4 Å². The predicted octanol–water partition coefficient (Wildman–Crippen LogP) is -0.491. The molecular formula is C10H20N4O4. The van der Waals surface area contributed by atoms with E-state index in [4.69, 9.17) is 0 Å². The number of nitrogens with one attached hydrogen (secondary N) is 2. The molecule has 8 heteroatoms. The van der Waals surface area contributed by atoms with Gasteiger partial charge in [-0.3, -0.25) is 9.59 Å². The molecule has 0 spiro atoms. The lowest BCUT2D eigenvalue weighted by molar-refractivity contribution is -0.115. The van der Waals surface area contributed by atoms with Gasteiger partial charge in [0.25, 0.3) is 11.8 Å². The van der Waals surface area contributed by atoms with E-state index in [1.807, 2.05) is 0 Å². The van der Waals surface area contributed by atoms with Crippen molar-refractivity contribution in [1.82, 2.24) is 10.6 Å². The largest absolute Gasteiger partial charge is 0.399 e. The summed E-state index contributed by atoms with van der Waals surface area (Å²) in [5.41, 5.74) is 0.639. The summed E-state index contributed by atoms with van der Waals surface area (Å²) < 4.78 is 0. The first-order valence-electron chi connectivity index (χ1n) is 5.04. The molecule has 0 aromatic rings. The molecule has 0 atom stereocenters. The van der Waals surface area contributed by atoms with Gasteiger partial charge >= 0.3 is 0 Å². The first kappa shape index (κ1) is 18.3. The molecule has 0 rings (SSSR count). The van der Waals surface area contributed by atoms with Crippen LogP contribution in [-0.4, -0.2) is 51.6 Å². The Bertz CT molecular complexity index is 294. The summed E-state index contributed by atoms with van der Waals surface area (Å²) in [6, 6.07) is 0. The fourth-order valence-electron chi connectivity index (χ4n) is 0.719. The van der Waals surface area contributed by atoms with E-state index in [9.17, 15) is 9.59 Å². The van der Waals surface area contributed by atoms with Gasteiger partial charge in [0.05, 0.1) is 0 Å². The second kappa shape index (κ2) is 11.4. The zero-order valence-corrected chi connectivity index (χ0v) is 11.5. The SMILES string of the molecule is CNC(=O)/C(C)=N/OC.CNC(=O)/C(C)=N\OC. The van der Waals surface area contributed by atoms with Crippen LogP contribution in [0, 0.1) is 0 Å². The number of oxime groups is 2. The van der Waals surface area contributed by atoms with Crippen LogP contribution in [-0.2, 0) is 19.3 Å². The fourth-order valence-corrected chi connectivity index (χ4v) is 0.719. The molecule has 0 aromatic heterocycles. The van der Waals surface area contributed by atoms with E-state index in [0.717, 1.165) is 0 Å². The molecule has 0 aliphatic rings. The molecule has 8 nitrogen and oxygen atoms in total. The highest BCUT2D eigenvalue weighted by Crippen LogP contribution is 1.77. The summed E-state index contributed by atoms with van der Waals surface area (Å²) in [7, 11) is 5.87. The predicted molar refractivity (Wildman–Crippen MR) is 68.4 cm³/mol. The van der Waals surface area contributed by atoms with Crippen molar-refractivity contribution < 1.29 is 19.3 Å². The van der Waals surface area contributed by atoms with Crippen molar-refractivity contribution in [3.63, 3.8) is 0 Å². The van der Waals surface area contributed by atoms with Crippen LogP contribution in [0.25, 0.3) is 0 Å². The lowest BCUT2D eigenvalue weighted by Gasteiger charge is -1.94. The lowest BCUT2D eigenvalue weighted by Crippen LogP contribution is -2.25. The van der Waals surface area contributed by atoms with E-state index >= 15 is 0 Å². The minimum absolute atomic E-state index is 0.225. The minimum Gasteiger partial charge on any atom is -0.399 e. The zero-order chi connectivity index (χ0) is 14.6. The van der Waals surface area contributed by atoms with Gasteiger partial charge in [-0.2, -0.15) is 0 Å². The van der Waals surface area contributed by atoms with Crippen molar-refractivity contribution in [1.29, 1.82) is 0 Å². The van der Waals surface area contributed by atoms with E-state index in [1.54, 1.807) is 13.8 Å². The number of rotatable bonds is 4. The van der Waals surface area contributed by atoms with Gasteiger partial charge < -0.3 is 20.3 Å². The summed E-state index contributed by atoms with van der Waals surface area (Å²) in [6.07, 6.45) is 0. The average Bonchev–Trinajstić information content (AvgIpc) is 2.38. The van der Waals surface area contributed by atoms with E-state index in [2.05, 4.69) is 30.6 Å². The third-order valence-corrected chi connectivity index (χ3v) is 1.57. The number of hydrogen-bond donors (Lipinski definition) is 2. The molecule has 2 N–H and O–H groups in total. The van der Waals surface area contributed by atoms with Gasteiger partial charge in [-0.05, 0) is 13.8 Å². The fraction of sp³-hybridized carbons (Fsp3) is 0.600. The lowest BCUT2D eigenvalue weighted by atomic mass is 10.4. The monoisotopic (exact) mass is 260 g/mol. The average molecular weight is 260 g/mol. The molecule has 0 aliphatic carbocycles. The molecule has 0 unspecified atom stereocenters. The van der Waals surface area contributed by atoms with Crippen LogP contribution < -0.4 is 10.6 Å². The third-order valence-electron chi connectivity index (χ3n) is 1.57. The Hall–Kier alpha value is -2.12. The van der Waals surface area contributed by atoms with Crippen LogP contribution in [0.3, 0.4) is 0 Å². The summed E-state index contributed by atoms with van der Waals surface area (Å²) >= 11 is 0. The van der Waals surface area contributed by atoms with Gasteiger partial charge in [0.1, 0.15) is 25.6 Å². The van der Waals surface area contributed by atoms with E-state index in [1.165, 1.54) is 28.3 Å². The van der Waals surface area contributed by atoms with Crippen LogP contribution in [0.4, 0.5) is 0 Å². The highest BCUT2D eigenvalue weighted by atomic mass is 16.6. The Morgan fingerprint density at radius 3 is 1.28 bits per heavy atom. The zero-order valence-electron chi connectivity index (χ0n) is 11.5. The normalized spacial score (nSPS) is 10.8. The van der Waals surface area contributed by atoms with Gasteiger partial charge in [-0.25, -0.2) is 0 Å². The van der Waals surface area contributed by atoms with Gasteiger partial charge in [-0.15, -0.1) is 0 Å². The Balaban J connectivity index is 0. The van der Waals surface area contributed by atoms with Crippen molar-refractivity contribution in [2.45, 2.75) is 13.8 Å². The molecule has 0 aliphatic heterocycles. The van der Waals surface area contributed by atoms with Crippen molar-refractivity contribution >= 4 is 23.2 Å². The maximum absolute atomic E-state index is 10.6. The summed E-state index contributed by atoms with van der Waals surface area (Å²) in [5.74, 6) is -0.450. The molecular weight excluding hydrogens is 240 g/mol. The molecule has 18 heavy (non-hydrogen) atoms. The molecule has 0 radical (unpaired) electrons. The topological polar surface area (TPSA) is 101 Å². The molecule has 0 fully saturated rings. The third kappa shape index (κ3) is 9.13. The van der Waals surface area contributed by atoms with Crippen molar-refractivity contribution in [3.05, 3.63) is 0 Å². The first-order chi connectivity index (χ1) is 8.44. The van der Waals surface area contributed by atoms with Crippen LogP contribution in [0.15, 0.2) is 10.3 Å². The smallest absolute Gasteiger partial charge is 0.268 e.